The van der Waals surface area contributed by atoms with E-state index in [1.165, 1.54) is 17.0 Å². The highest BCUT2D eigenvalue weighted by Crippen LogP contribution is 2.56. The van der Waals surface area contributed by atoms with Gasteiger partial charge in [-0.15, -0.1) is 0 Å². The van der Waals surface area contributed by atoms with Crippen molar-refractivity contribution in [3.63, 3.8) is 0 Å². The van der Waals surface area contributed by atoms with E-state index in [0.717, 1.165) is 108 Å². The molecule has 1 aromatic heterocycles. The third-order valence-corrected chi connectivity index (χ3v) is 15.1. The number of hydrogen-bond donors (Lipinski definition) is 2. The number of ether oxygens (including phenoxy) is 1. The summed E-state index contributed by atoms with van der Waals surface area (Å²) in [5, 5.41) is 2.98. The van der Waals surface area contributed by atoms with Gasteiger partial charge in [0.2, 0.25) is 17.7 Å². The molecule has 338 valence electrons. The molecule has 10 rings (SSSR count). The number of nitrogens with one attached hydrogen (secondary N) is 2. The van der Waals surface area contributed by atoms with Gasteiger partial charge in [-0.1, -0.05) is 0 Å². The van der Waals surface area contributed by atoms with Gasteiger partial charge in [0.1, 0.15) is 23.4 Å². The number of hydrogen-bond acceptors (Lipinski definition) is 9. The number of rotatable bonds is 10. The fraction of sp³-hybridized carbons (Fsp3) is 0.510. The Morgan fingerprint density at radius 3 is 2.09 bits per heavy atom. The second-order valence-corrected chi connectivity index (χ2v) is 19.4. The number of aromatic nitrogens is 1. The van der Waals surface area contributed by atoms with Gasteiger partial charge in [-0.05, 0) is 106 Å². The Morgan fingerprint density at radius 2 is 1.44 bits per heavy atom. The van der Waals surface area contributed by atoms with E-state index in [1.54, 1.807) is 36.4 Å². The Labute approximate surface area is 372 Å². The molecule has 0 aliphatic carbocycles. The monoisotopic (exact) mass is 876 g/mol. The van der Waals surface area contributed by atoms with Gasteiger partial charge in [0, 0.05) is 118 Å². The molecule has 0 unspecified atom stereocenters. The minimum Gasteiger partial charge on any atom is -0.496 e. The van der Waals surface area contributed by atoms with Crippen LogP contribution in [-0.2, 0) is 20.9 Å². The Hall–Kier alpha value is -5.54. The van der Waals surface area contributed by atoms with Crippen molar-refractivity contribution in [2.45, 2.75) is 71.0 Å². The fourth-order valence-corrected chi connectivity index (χ4v) is 11.5. The van der Waals surface area contributed by atoms with Crippen molar-refractivity contribution in [2.75, 3.05) is 87.3 Å². The first kappa shape index (κ1) is 42.4. The van der Waals surface area contributed by atoms with Crippen LogP contribution in [0.3, 0.4) is 0 Å². The molecule has 5 saturated heterocycles. The molecule has 3 aromatic carbocycles. The minimum atomic E-state index is -0.892. The minimum absolute atomic E-state index is 0.137. The fourth-order valence-electron chi connectivity index (χ4n) is 11.5. The van der Waals surface area contributed by atoms with Crippen molar-refractivity contribution in [3.05, 3.63) is 83.1 Å². The molecule has 2 N–H and O–H groups in total. The normalized spacial score (nSPS) is 23.8. The van der Waals surface area contributed by atoms with Crippen LogP contribution in [0.5, 0.6) is 5.75 Å². The van der Waals surface area contributed by atoms with Gasteiger partial charge in [0.15, 0.2) is 0 Å². The van der Waals surface area contributed by atoms with Crippen molar-refractivity contribution in [1.82, 2.24) is 25.0 Å². The SMILES string of the molecule is COc1cc(N2CCC(CN3CCN(CC4CCN(c5ccc6c(c5)CN([C@H]5CCC(=O)NC5=O)C6=O)CC4)CC3)CC2)c(F)cc1[C@@H]1N(c2c(F)ccc3[nH]ccc23)C(=O)C1(C)C. The first-order valence-electron chi connectivity index (χ1n) is 23.1. The average molecular weight is 877 g/mol. The molecule has 0 radical (unpaired) electrons. The maximum absolute atomic E-state index is 16.2. The Bertz CT molecular complexity index is 2490. The van der Waals surface area contributed by atoms with E-state index in [1.807, 2.05) is 26.0 Å². The molecule has 7 heterocycles. The van der Waals surface area contributed by atoms with Crippen LogP contribution >= 0.6 is 0 Å². The topological polar surface area (TPSA) is 125 Å². The lowest BCUT2D eigenvalue weighted by molar-refractivity contribution is -0.138. The first-order valence-corrected chi connectivity index (χ1v) is 23.1. The van der Waals surface area contributed by atoms with E-state index in [9.17, 15) is 19.2 Å². The average Bonchev–Trinajstić information content (AvgIpc) is 3.91. The number of nitrogens with zero attached hydrogens (tertiary/aromatic N) is 6. The molecule has 15 heteroatoms. The van der Waals surface area contributed by atoms with Crippen LogP contribution in [0.25, 0.3) is 10.9 Å². The number of carbonyl (C=O) groups excluding carboxylic acids is 4. The third-order valence-electron chi connectivity index (χ3n) is 15.1. The highest BCUT2D eigenvalue weighted by Gasteiger charge is 2.57. The lowest BCUT2D eigenvalue weighted by Crippen LogP contribution is -2.61. The number of H-pyrrole nitrogens is 1. The Balaban J connectivity index is 0.688. The van der Waals surface area contributed by atoms with Gasteiger partial charge in [0.05, 0.1) is 29.9 Å². The summed E-state index contributed by atoms with van der Waals surface area (Å²) < 4.78 is 37.5. The van der Waals surface area contributed by atoms with Crippen molar-refractivity contribution in [1.29, 1.82) is 0 Å². The zero-order valence-corrected chi connectivity index (χ0v) is 37.0. The molecule has 4 aromatic rings. The summed E-state index contributed by atoms with van der Waals surface area (Å²) in [5.41, 5.74) is 3.76. The van der Waals surface area contributed by atoms with Gasteiger partial charge in [0.25, 0.3) is 5.91 Å². The van der Waals surface area contributed by atoms with Gasteiger partial charge in [-0.2, -0.15) is 0 Å². The lowest BCUT2D eigenvalue weighted by atomic mass is 9.70. The lowest BCUT2D eigenvalue weighted by Gasteiger charge is -2.53. The number of imide groups is 1. The summed E-state index contributed by atoms with van der Waals surface area (Å²) in [4.78, 5) is 66.8. The molecule has 0 spiro atoms. The number of carbonyl (C=O) groups is 4. The number of halogens is 2. The predicted octanol–water partition coefficient (Wildman–Crippen LogP) is 6.08. The second-order valence-electron chi connectivity index (χ2n) is 19.4. The smallest absolute Gasteiger partial charge is 0.255 e. The molecular formula is C49H58F2N8O5. The van der Waals surface area contributed by atoms with Crippen LogP contribution in [-0.4, -0.2) is 122 Å². The number of β-lactam (4-membered cyclic amide) rings is 1. The van der Waals surface area contributed by atoms with Gasteiger partial charge < -0.3 is 34.2 Å². The molecule has 6 aliphatic rings. The predicted molar refractivity (Wildman–Crippen MR) is 240 cm³/mol. The summed E-state index contributed by atoms with van der Waals surface area (Å²) in [6, 6.07) is 12.8. The first-order chi connectivity index (χ1) is 30.9. The summed E-state index contributed by atoms with van der Waals surface area (Å²) in [6.07, 6.45) is 6.51. The second kappa shape index (κ2) is 16.8. The van der Waals surface area contributed by atoms with Crippen LogP contribution < -0.4 is 24.8 Å². The summed E-state index contributed by atoms with van der Waals surface area (Å²) in [6.45, 7) is 13.8. The Morgan fingerprint density at radius 1 is 0.766 bits per heavy atom. The van der Waals surface area contributed by atoms with Crippen molar-refractivity contribution >= 4 is 51.6 Å². The third kappa shape index (κ3) is 7.57. The van der Waals surface area contributed by atoms with E-state index in [2.05, 4.69) is 36.0 Å². The zero-order chi connectivity index (χ0) is 44.4. The molecule has 5 fully saturated rings. The number of piperidine rings is 3. The van der Waals surface area contributed by atoms with Crippen molar-refractivity contribution < 1.29 is 32.7 Å². The number of benzene rings is 3. The number of aromatic amines is 1. The number of fused-ring (bicyclic) bond motifs is 2. The van der Waals surface area contributed by atoms with Gasteiger partial charge >= 0.3 is 0 Å². The van der Waals surface area contributed by atoms with E-state index >= 15 is 8.78 Å². The number of anilines is 3. The van der Waals surface area contributed by atoms with Crippen LogP contribution in [0, 0.1) is 28.9 Å². The van der Waals surface area contributed by atoms with Gasteiger partial charge in [-0.3, -0.25) is 29.4 Å². The number of amides is 4. The molecule has 0 bridgehead atoms. The van der Waals surface area contributed by atoms with Crippen molar-refractivity contribution in [3.8, 4) is 5.75 Å². The Kier molecular flexibility index (Phi) is 11.1. The molecule has 0 saturated carbocycles. The molecule has 13 nitrogen and oxygen atoms in total. The van der Waals surface area contributed by atoms with Crippen molar-refractivity contribution in [2.24, 2.45) is 17.3 Å². The quantitative estimate of drug-likeness (QED) is 0.144. The van der Waals surface area contributed by atoms with Gasteiger partial charge in [-0.25, -0.2) is 8.78 Å². The molecule has 64 heavy (non-hydrogen) atoms. The maximum Gasteiger partial charge on any atom is 0.255 e. The molecular weight excluding hydrogens is 819 g/mol. The highest BCUT2D eigenvalue weighted by molar-refractivity contribution is 6.11. The largest absolute Gasteiger partial charge is 0.496 e. The number of piperazine rings is 1. The van der Waals surface area contributed by atoms with E-state index in [-0.39, 0.29) is 41.6 Å². The van der Waals surface area contributed by atoms with Crippen LogP contribution in [0.15, 0.2) is 54.7 Å². The number of methoxy groups -OCH3 is 1. The van der Waals surface area contributed by atoms with E-state index in [0.29, 0.717) is 52.8 Å². The molecule has 2 atom stereocenters. The zero-order valence-electron chi connectivity index (χ0n) is 37.0. The summed E-state index contributed by atoms with van der Waals surface area (Å²) >= 11 is 0. The summed E-state index contributed by atoms with van der Waals surface area (Å²) in [7, 11) is 1.56. The van der Waals surface area contributed by atoms with Crippen LogP contribution in [0.2, 0.25) is 0 Å². The maximum atomic E-state index is 16.2. The summed E-state index contributed by atoms with van der Waals surface area (Å²) in [5.74, 6) is -0.238. The van der Waals surface area contributed by atoms with E-state index in [4.69, 9.17) is 4.74 Å². The molecule has 6 aliphatic heterocycles. The van der Waals surface area contributed by atoms with Crippen LogP contribution in [0.4, 0.5) is 25.8 Å². The molecule has 4 amide bonds. The highest BCUT2D eigenvalue weighted by atomic mass is 19.1. The van der Waals surface area contributed by atoms with E-state index < -0.39 is 23.3 Å². The standard InChI is InChI=1S/C49H58F2N8O5/c1-49(2)45(59(48(49)63)44-35-10-15-52-39(35)7-6-37(44)50)36-25-38(51)41(26-42(36)64-3)57-18-13-31(14-19-57)28-55-22-20-54(21-23-55)27-30-11-16-56(17-12-30)33-4-5-34-32(24-33)29-58(47(34)62)40-8-9-43(60)53-46(40)61/h4-7,10,15,24-26,30-31,40,45,52H,8-9,11-14,16-23,27-29H2,1-3H3,(H,53,60,61)/t40-,45-/m0/s1. The van der Waals surface area contributed by atoms with Crippen LogP contribution in [0.1, 0.15) is 79.9 Å².